The Bertz CT molecular complexity index is 605. The number of nitrogens with two attached hydrogens (primary N) is 1. The number of nitrogens with zero attached hydrogens (tertiary/aromatic N) is 1. The SMILES string of the molecule is C=CC/C=C(\C=C)C(C(N)=O)(c1ccccc1)C1CCN(C)C1. The van der Waals surface area contributed by atoms with E-state index in [1.165, 1.54) is 0 Å². The van der Waals surface area contributed by atoms with Gasteiger partial charge in [-0.15, -0.1) is 6.58 Å². The number of rotatable bonds is 7. The summed E-state index contributed by atoms with van der Waals surface area (Å²) in [5.41, 5.74) is 7.00. The lowest BCUT2D eigenvalue weighted by atomic mass is 9.64. The summed E-state index contributed by atoms with van der Waals surface area (Å²) in [6.45, 7) is 9.54. The lowest BCUT2D eigenvalue weighted by molar-refractivity contribution is -0.123. The summed E-state index contributed by atoms with van der Waals surface area (Å²) in [5.74, 6) is -0.166. The number of likely N-dealkylation sites (tertiary alicyclic amines) is 1. The molecule has 2 N–H and O–H groups in total. The molecule has 3 nitrogen and oxygen atoms in total. The van der Waals surface area contributed by atoms with Crippen LogP contribution < -0.4 is 5.73 Å². The van der Waals surface area contributed by atoms with Crippen LogP contribution in [0.3, 0.4) is 0 Å². The van der Waals surface area contributed by atoms with Crippen molar-refractivity contribution < 1.29 is 4.79 Å². The summed E-state index contributed by atoms with van der Waals surface area (Å²) in [7, 11) is 2.08. The summed E-state index contributed by atoms with van der Waals surface area (Å²) in [6, 6.07) is 9.86. The number of carbonyl (C=O) groups excluding carboxylic acids is 1. The van der Waals surface area contributed by atoms with Crippen LogP contribution in [0.25, 0.3) is 0 Å². The van der Waals surface area contributed by atoms with Gasteiger partial charge < -0.3 is 10.6 Å². The largest absolute Gasteiger partial charge is 0.369 e. The van der Waals surface area contributed by atoms with Gasteiger partial charge in [0.25, 0.3) is 0 Å². The summed E-state index contributed by atoms with van der Waals surface area (Å²) in [4.78, 5) is 15.0. The van der Waals surface area contributed by atoms with E-state index in [2.05, 4.69) is 25.1 Å². The number of allylic oxidation sites excluding steroid dienone is 3. The molecule has 1 aromatic carbocycles. The van der Waals surface area contributed by atoms with Gasteiger partial charge in [-0.1, -0.05) is 55.1 Å². The van der Waals surface area contributed by atoms with Gasteiger partial charge in [-0.2, -0.15) is 0 Å². The zero-order chi connectivity index (χ0) is 16.9. The molecule has 0 bridgehead atoms. The van der Waals surface area contributed by atoms with Crippen molar-refractivity contribution in [2.45, 2.75) is 18.3 Å². The average Bonchev–Trinajstić information content (AvgIpc) is 2.98. The van der Waals surface area contributed by atoms with Crippen LogP contribution in [0.15, 0.2) is 67.3 Å². The Morgan fingerprint density at radius 2 is 2.09 bits per heavy atom. The lowest BCUT2D eigenvalue weighted by Gasteiger charge is -2.38. The molecule has 1 fully saturated rings. The van der Waals surface area contributed by atoms with Crippen molar-refractivity contribution in [2.75, 3.05) is 20.1 Å². The fourth-order valence-corrected chi connectivity index (χ4v) is 3.73. The number of amides is 1. The quantitative estimate of drug-likeness (QED) is 0.621. The van der Waals surface area contributed by atoms with Crippen molar-refractivity contribution in [3.05, 3.63) is 72.9 Å². The maximum atomic E-state index is 12.8. The number of carbonyl (C=O) groups is 1. The van der Waals surface area contributed by atoms with Gasteiger partial charge in [0.1, 0.15) is 5.41 Å². The molecular formula is C20H26N2O. The van der Waals surface area contributed by atoms with Crippen LogP contribution >= 0.6 is 0 Å². The van der Waals surface area contributed by atoms with Gasteiger partial charge in [-0.05, 0) is 43.5 Å². The molecule has 2 unspecified atom stereocenters. The van der Waals surface area contributed by atoms with Gasteiger partial charge in [0.05, 0.1) is 0 Å². The van der Waals surface area contributed by atoms with Crippen molar-refractivity contribution in [1.29, 1.82) is 0 Å². The molecule has 0 spiro atoms. The Hall–Kier alpha value is -2.13. The predicted molar refractivity (Wildman–Crippen MR) is 96.0 cm³/mol. The minimum atomic E-state index is -0.837. The summed E-state index contributed by atoms with van der Waals surface area (Å²) in [6.07, 6.45) is 7.25. The van der Waals surface area contributed by atoms with E-state index >= 15 is 0 Å². The molecule has 1 aliphatic rings. The zero-order valence-electron chi connectivity index (χ0n) is 13.9. The van der Waals surface area contributed by atoms with E-state index < -0.39 is 5.41 Å². The van der Waals surface area contributed by atoms with Gasteiger partial charge in [0.15, 0.2) is 0 Å². The highest BCUT2D eigenvalue weighted by Gasteiger charge is 2.49. The second-order valence-corrected chi connectivity index (χ2v) is 6.17. The molecule has 0 saturated carbocycles. The number of primary amides is 1. The standard InChI is InChI=1S/C20H26N2O/c1-4-6-10-16(5-2)20(19(21)23,17-11-8-7-9-12-17)18-13-14-22(3)15-18/h4-5,7-12,18H,1-2,6,13-15H2,3H3,(H2,21,23)/b16-10+. The Morgan fingerprint density at radius 3 is 2.57 bits per heavy atom. The van der Waals surface area contributed by atoms with E-state index in [0.29, 0.717) is 6.42 Å². The van der Waals surface area contributed by atoms with Crippen LogP contribution in [0.2, 0.25) is 0 Å². The van der Waals surface area contributed by atoms with Crippen LogP contribution in [0.1, 0.15) is 18.4 Å². The van der Waals surface area contributed by atoms with Crippen LogP contribution in [0, 0.1) is 5.92 Å². The topological polar surface area (TPSA) is 46.3 Å². The second-order valence-electron chi connectivity index (χ2n) is 6.17. The van der Waals surface area contributed by atoms with Crippen molar-refractivity contribution in [1.82, 2.24) is 4.90 Å². The van der Waals surface area contributed by atoms with Crippen molar-refractivity contribution in [2.24, 2.45) is 11.7 Å². The van der Waals surface area contributed by atoms with Gasteiger partial charge in [-0.25, -0.2) is 0 Å². The number of hydrogen-bond donors (Lipinski definition) is 1. The van der Waals surface area contributed by atoms with E-state index in [-0.39, 0.29) is 11.8 Å². The average molecular weight is 310 g/mol. The molecule has 2 atom stereocenters. The third-order valence-electron chi connectivity index (χ3n) is 4.80. The molecule has 122 valence electrons. The molecule has 1 saturated heterocycles. The van der Waals surface area contributed by atoms with E-state index in [9.17, 15) is 4.79 Å². The molecule has 0 radical (unpaired) electrons. The van der Waals surface area contributed by atoms with Gasteiger partial charge in [-0.3, -0.25) is 4.79 Å². The Kier molecular flexibility index (Phi) is 5.56. The Balaban J connectivity index is 2.67. The molecule has 1 heterocycles. The maximum absolute atomic E-state index is 12.8. The third-order valence-corrected chi connectivity index (χ3v) is 4.80. The van der Waals surface area contributed by atoms with E-state index in [1.54, 1.807) is 6.08 Å². The van der Waals surface area contributed by atoms with Crippen LogP contribution in [0.4, 0.5) is 0 Å². The first-order chi connectivity index (χ1) is 11.1. The monoisotopic (exact) mass is 310 g/mol. The van der Waals surface area contributed by atoms with Crippen molar-refractivity contribution in [3.63, 3.8) is 0 Å². The molecule has 0 aromatic heterocycles. The minimum Gasteiger partial charge on any atom is -0.369 e. The maximum Gasteiger partial charge on any atom is 0.232 e. The van der Waals surface area contributed by atoms with Crippen LogP contribution in [-0.2, 0) is 10.2 Å². The van der Waals surface area contributed by atoms with E-state index in [4.69, 9.17) is 5.73 Å². The number of benzene rings is 1. The van der Waals surface area contributed by atoms with E-state index in [1.807, 2.05) is 42.5 Å². The highest BCUT2D eigenvalue weighted by Crippen LogP contribution is 2.44. The Labute approximate surface area is 139 Å². The Morgan fingerprint density at radius 1 is 1.39 bits per heavy atom. The smallest absolute Gasteiger partial charge is 0.232 e. The fourth-order valence-electron chi connectivity index (χ4n) is 3.73. The first-order valence-corrected chi connectivity index (χ1v) is 8.05. The number of hydrogen-bond acceptors (Lipinski definition) is 2. The molecule has 0 aliphatic carbocycles. The summed E-state index contributed by atoms with van der Waals surface area (Å²) < 4.78 is 0. The molecule has 3 heteroatoms. The summed E-state index contributed by atoms with van der Waals surface area (Å²) >= 11 is 0. The van der Waals surface area contributed by atoms with Gasteiger partial charge >= 0.3 is 0 Å². The van der Waals surface area contributed by atoms with Gasteiger partial charge in [0, 0.05) is 6.54 Å². The van der Waals surface area contributed by atoms with Crippen molar-refractivity contribution in [3.8, 4) is 0 Å². The molecular weight excluding hydrogens is 284 g/mol. The van der Waals surface area contributed by atoms with E-state index in [0.717, 1.165) is 30.6 Å². The van der Waals surface area contributed by atoms with Crippen LogP contribution in [0.5, 0.6) is 0 Å². The highest BCUT2D eigenvalue weighted by atomic mass is 16.1. The third kappa shape index (κ3) is 3.15. The van der Waals surface area contributed by atoms with Gasteiger partial charge in [0.2, 0.25) is 5.91 Å². The highest BCUT2D eigenvalue weighted by molar-refractivity contribution is 5.92. The first-order valence-electron chi connectivity index (χ1n) is 8.05. The molecule has 1 aromatic rings. The predicted octanol–water partition coefficient (Wildman–Crippen LogP) is 3.05. The molecule has 1 amide bonds. The molecule has 1 aliphatic heterocycles. The van der Waals surface area contributed by atoms with Crippen LogP contribution in [-0.4, -0.2) is 30.9 Å². The first kappa shape index (κ1) is 17.2. The fraction of sp³-hybridized carbons (Fsp3) is 0.350. The van der Waals surface area contributed by atoms with Crippen molar-refractivity contribution >= 4 is 5.91 Å². The summed E-state index contributed by atoms with van der Waals surface area (Å²) in [5, 5.41) is 0. The normalized spacial score (nSPS) is 21.6. The zero-order valence-corrected chi connectivity index (χ0v) is 13.9. The second kappa shape index (κ2) is 7.42. The molecule has 23 heavy (non-hydrogen) atoms. The molecule has 2 rings (SSSR count). The minimum absolute atomic E-state index is 0.140. The lowest BCUT2D eigenvalue weighted by Crippen LogP contribution is -2.49.